The van der Waals surface area contributed by atoms with Gasteiger partial charge < -0.3 is 14.6 Å². The lowest BCUT2D eigenvalue weighted by atomic mass is 10.0. The minimum atomic E-state index is -0.786. The Bertz CT molecular complexity index is 986. The summed E-state index contributed by atoms with van der Waals surface area (Å²) < 4.78 is 12.3. The van der Waals surface area contributed by atoms with Gasteiger partial charge in [0.1, 0.15) is 11.0 Å². The molecule has 2 atom stereocenters. The van der Waals surface area contributed by atoms with Gasteiger partial charge in [0.25, 0.3) is 0 Å². The maximum Gasteiger partial charge on any atom is 0.320 e. The Labute approximate surface area is 173 Å². The minimum Gasteiger partial charge on any atom is -0.493 e. The van der Waals surface area contributed by atoms with Crippen molar-refractivity contribution in [2.24, 2.45) is 0 Å². The van der Waals surface area contributed by atoms with Crippen molar-refractivity contribution in [2.75, 3.05) is 20.3 Å². The van der Waals surface area contributed by atoms with E-state index >= 15 is 0 Å². The van der Waals surface area contributed by atoms with Crippen molar-refractivity contribution in [2.45, 2.75) is 31.8 Å². The molecule has 4 rings (SSSR count). The molecular weight excluding hydrogens is 388 g/mol. The van der Waals surface area contributed by atoms with E-state index < -0.39 is 12.0 Å². The number of rotatable bonds is 7. The number of para-hydroxylation sites is 1. The van der Waals surface area contributed by atoms with E-state index in [9.17, 15) is 9.90 Å². The lowest BCUT2D eigenvalue weighted by Gasteiger charge is -2.30. The molecule has 0 aliphatic carbocycles. The number of benzene rings is 2. The fourth-order valence-corrected chi connectivity index (χ4v) is 5.09. The number of methoxy groups -OCH3 is 1. The smallest absolute Gasteiger partial charge is 0.320 e. The molecule has 0 saturated carbocycles. The van der Waals surface area contributed by atoms with Gasteiger partial charge in [0.15, 0.2) is 11.5 Å². The Morgan fingerprint density at radius 3 is 2.86 bits per heavy atom. The van der Waals surface area contributed by atoms with Gasteiger partial charge in [0.2, 0.25) is 0 Å². The predicted molar refractivity (Wildman–Crippen MR) is 113 cm³/mol. The van der Waals surface area contributed by atoms with Crippen molar-refractivity contribution >= 4 is 27.5 Å². The Kier molecular flexibility index (Phi) is 5.69. The van der Waals surface area contributed by atoms with Crippen molar-refractivity contribution in [3.63, 3.8) is 0 Å². The molecule has 1 aliphatic rings. The molecule has 1 aromatic heterocycles. The van der Waals surface area contributed by atoms with Gasteiger partial charge in [-0.05, 0) is 49.6 Å². The quantitative estimate of drug-likeness (QED) is 0.622. The van der Waals surface area contributed by atoms with Gasteiger partial charge in [-0.2, -0.15) is 0 Å². The number of carboxylic acids is 1. The molecule has 1 aliphatic heterocycles. The van der Waals surface area contributed by atoms with Gasteiger partial charge in [-0.25, -0.2) is 4.98 Å². The van der Waals surface area contributed by atoms with Crippen molar-refractivity contribution in [1.29, 1.82) is 0 Å². The van der Waals surface area contributed by atoms with Crippen LogP contribution in [0.15, 0.2) is 42.5 Å². The first-order valence-corrected chi connectivity index (χ1v) is 10.6. The fourth-order valence-electron chi connectivity index (χ4n) is 3.98. The molecule has 1 fully saturated rings. The summed E-state index contributed by atoms with van der Waals surface area (Å²) in [5.74, 6) is 0.533. The van der Waals surface area contributed by atoms with Gasteiger partial charge in [-0.15, -0.1) is 11.3 Å². The largest absolute Gasteiger partial charge is 0.493 e. The van der Waals surface area contributed by atoms with Crippen LogP contribution in [0, 0.1) is 0 Å². The van der Waals surface area contributed by atoms with Crippen LogP contribution in [0.2, 0.25) is 0 Å². The van der Waals surface area contributed by atoms with Crippen LogP contribution in [-0.2, 0) is 4.79 Å². The molecular formula is C22H24N2O4S. The number of carboxylic acid groups (broad SMARTS) is 1. The summed E-state index contributed by atoms with van der Waals surface area (Å²) in [4.78, 5) is 18.8. The maximum absolute atomic E-state index is 11.9. The van der Waals surface area contributed by atoms with Crippen molar-refractivity contribution in [3.05, 3.63) is 53.0 Å². The monoisotopic (exact) mass is 412 g/mol. The third-order valence-corrected chi connectivity index (χ3v) is 6.35. The normalized spacial score (nSPS) is 18.1. The van der Waals surface area contributed by atoms with E-state index in [1.165, 1.54) is 0 Å². The van der Waals surface area contributed by atoms with E-state index in [1.54, 1.807) is 18.4 Å². The summed E-state index contributed by atoms with van der Waals surface area (Å²) in [6.07, 6.45) is 1.50. The molecule has 0 bridgehead atoms. The Hall–Kier alpha value is -2.64. The molecule has 2 unspecified atom stereocenters. The molecule has 0 amide bonds. The summed E-state index contributed by atoms with van der Waals surface area (Å²) in [6, 6.07) is 13.1. The highest BCUT2D eigenvalue weighted by Gasteiger charge is 2.38. The fraction of sp³-hybridized carbons (Fsp3) is 0.364. The number of hydrogen-bond acceptors (Lipinski definition) is 6. The van der Waals surface area contributed by atoms with Gasteiger partial charge in [0.05, 0.1) is 30.0 Å². The first-order valence-electron chi connectivity index (χ1n) is 9.77. The molecule has 2 heterocycles. The number of thiazole rings is 1. The predicted octanol–water partition coefficient (Wildman–Crippen LogP) is 4.34. The number of fused-ring (bicyclic) bond motifs is 1. The van der Waals surface area contributed by atoms with Gasteiger partial charge >= 0.3 is 5.97 Å². The van der Waals surface area contributed by atoms with Crippen LogP contribution in [-0.4, -0.2) is 47.3 Å². The number of carbonyl (C=O) groups is 1. The highest BCUT2D eigenvalue weighted by molar-refractivity contribution is 7.18. The number of likely N-dealkylation sites (tertiary alicyclic amines) is 1. The summed E-state index contributed by atoms with van der Waals surface area (Å²) in [5.41, 5.74) is 1.89. The molecule has 7 heteroatoms. The van der Waals surface area contributed by atoms with Crippen LogP contribution in [0.3, 0.4) is 0 Å². The lowest BCUT2D eigenvalue weighted by molar-refractivity contribution is -0.142. The Morgan fingerprint density at radius 1 is 1.31 bits per heavy atom. The summed E-state index contributed by atoms with van der Waals surface area (Å²) in [7, 11) is 1.62. The number of ether oxygens (including phenoxy) is 2. The van der Waals surface area contributed by atoms with E-state index in [4.69, 9.17) is 14.5 Å². The summed E-state index contributed by atoms with van der Waals surface area (Å²) >= 11 is 1.61. The minimum absolute atomic E-state index is 0.249. The molecule has 3 aromatic rings. The zero-order valence-electron chi connectivity index (χ0n) is 16.5. The van der Waals surface area contributed by atoms with Gasteiger partial charge in [0, 0.05) is 6.54 Å². The second kappa shape index (κ2) is 8.39. The highest BCUT2D eigenvalue weighted by Crippen LogP contribution is 2.41. The standard InChI is InChI=1S/C22H24N2O4S/c1-3-28-17-11-10-14(13-18(17)27-2)20(24-12-6-8-16(24)22(25)26)21-23-15-7-4-5-9-19(15)29-21/h4-5,7,9-11,13,16,20H,3,6,8,12H2,1-2H3,(H,25,26). The summed E-state index contributed by atoms with van der Waals surface area (Å²) in [6.45, 7) is 3.19. The molecule has 0 spiro atoms. The molecule has 152 valence electrons. The third kappa shape index (κ3) is 3.80. The first-order chi connectivity index (χ1) is 14.1. The Morgan fingerprint density at radius 2 is 2.14 bits per heavy atom. The van der Waals surface area contributed by atoms with Crippen molar-refractivity contribution in [1.82, 2.24) is 9.88 Å². The molecule has 2 aromatic carbocycles. The van der Waals surface area contributed by atoms with Crippen molar-refractivity contribution < 1.29 is 19.4 Å². The van der Waals surface area contributed by atoms with E-state index in [2.05, 4.69) is 4.90 Å². The molecule has 29 heavy (non-hydrogen) atoms. The maximum atomic E-state index is 11.9. The van der Waals surface area contributed by atoms with Crippen LogP contribution in [0.5, 0.6) is 11.5 Å². The second-order valence-electron chi connectivity index (χ2n) is 7.00. The molecule has 1 saturated heterocycles. The van der Waals surface area contributed by atoms with Crippen LogP contribution in [0.4, 0.5) is 0 Å². The third-order valence-electron chi connectivity index (χ3n) is 5.26. The van der Waals surface area contributed by atoms with Gasteiger partial charge in [-0.1, -0.05) is 18.2 Å². The van der Waals surface area contributed by atoms with Crippen LogP contribution < -0.4 is 9.47 Å². The van der Waals surface area contributed by atoms with Gasteiger partial charge in [-0.3, -0.25) is 9.69 Å². The topological polar surface area (TPSA) is 71.9 Å². The van der Waals surface area contributed by atoms with E-state index in [0.29, 0.717) is 31.1 Å². The SMILES string of the molecule is CCOc1ccc(C(c2nc3ccccc3s2)N2CCCC2C(=O)O)cc1OC. The average Bonchev–Trinajstić information content (AvgIpc) is 3.36. The second-order valence-corrected chi connectivity index (χ2v) is 8.06. The number of nitrogens with zero attached hydrogens (tertiary/aromatic N) is 2. The summed E-state index contributed by atoms with van der Waals surface area (Å²) in [5, 5.41) is 10.7. The molecule has 0 radical (unpaired) electrons. The molecule has 1 N–H and O–H groups in total. The number of aromatic nitrogens is 1. The van der Waals surface area contributed by atoms with E-state index in [-0.39, 0.29) is 6.04 Å². The first kappa shape index (κ1) is 19.7. The van der Waals surface area contributed by atoms with E-state index in [1.807, 2.05) is 49.4 Å². The number of hydrogen-bond donors (Lipinski definition) is 1. The lowest BCUT2D eigenvalue weighted by Crippen LogP contribution is -2.39. The van der Waals surface area contributed by atoms with Crippen LogP contribution >= 0.6 is 11.3 Å². The Balaban J connectivity index is 1.83. The highest BCUT2D eigenvalue weighted by atomic mass is 32.1. The zero-order valence-corrected chi connectivity index (χ0v) is 17.3. The number of aliphatic carboxylic acids is 1. The van der Waals surface area contributed by atoms with Crippen LogP contribution in [0.25, 0.3) is 10.2 Å². The van der Waals surface area contributed by atoms with Crippen LogP contribution in [0.1, 0.15) is 36.4 Å². The van der Waals surface area contributed by atoms with E-state index in [0.717, 1.165) is 27.2 Å². The molecule has 6 nitrogen and oxygen atoms in total. The average molecular weight is 413 g/mol. The van der Waals surface area contributed by atoms with Crippen molar-refractivity contribution in [3.8, 4) is 11.5 Å². The zero-order chi connectivity index (χ0) is 20.4.